The molecule has 1 aromatic carbocycles. The minimum atomic E-state index is -0.0353. The van der Waals surface area contributed by atoms with Crippen molar-refractivity contribution in [1.29, 1.82) is 0 Å². The number of urea groups is 1. The molecule has 0 spiro atoms. The molecular formula is C23H31ClN4OS. The first-order valence-electron chi connectivity index (χ1n) is 11.0. The van der Waals surface area contributed by atoms with Crippen molar-refractivity contribution >= 4 is 29.0 Å². The molecule has 3 heterocycles. The van der Waals surface area contributed by atoms with Crippen LogP contribution in [0.1, 0.15) is 42.2 Å². The van der Waals surface area contributed by atoms with E-state index < -0.39 is 0 Å². The number of rotatable bonds is 7. The average Bonchev–Trinajstić information content (AvgIpc) is 3.46. The highest BCUT2D eigenvalue weighted by Gasteiger charge is 2.25. The maximum Gasteiger partial charge on any atom is 0.315 e. The molecule has 7 heteroatoms. The van der Waals surface area contributed by atoms with Crippen molar-refractivity contribution in [3.63, 3.8) is 0 Å². The summed E-state index contributed by atoms with van der Waals surface area (Å²) >= 11 is 7.75. The van der Waals surface area contributed by atoms with E-state index in [1.54, 1.807) is 11.3 Å². The van der Waals surface area contributed by atoms with Gasteiger partial charge in [0.05, 0.1) is 6.04 Å². The summed E-state index contributed by atoms with van der Waals surface area (Å²) in [6, 6.07) is 12.9. The topological polar surface area (TPSA) is 47.6 Å². The summed E-state index contributed by atoms with van der Waals surface area (Å²) in [6.45, 7) is 5.85. The van der Waals surface area contributed by atoms with E-state index in [0.29, 0.717) is 12.6 Å². The Morgan fingerprint density at radius 3 is 2.50 bits per heavy atom. The zero-order chi connectivity index (χ0) is 20.8. The highest BCUT2D eigenvalue weighted by atomic mass is 35.5. The third-order valence-corrected chi connectivity index (χ3v) is 7.38. The number of hydrogen-bond acceptors (Lipinski definition) is 4. The monoisotopic (exact) mass is 446 g/mol. The zero-order valence-electron chi connectivity index (χ0n) is 17.4. The Labute approximate surface area is 188 Å². The van der Waals surface area contributed by atoms with Crippen LogP contribution in [0.4, 0.5) is 4.79 Å². The molecule has 1 aromatic heterocycles. The van der Waals surface area contributed by atoms with Gasteiger partial charge in [-0.15, -0.1) is 11.3 Å². The van der Waals surface area contributed by atoms with E-state index in [1.165, 1.54) is 23.3 Å². The van der Waals surface area contributed by atoms with Gasteiger partial charge in [0.2, 0.25) is 0 Å². The van der Waals surface area contributed by atoms with E-state index in [-0.39, 0.29) is 12.1 Å². The Balaban J connectivity index is 1.20. The molecule has 162 valence electrons. The number of carbonyl (C=O) groups excluding carboxylic acids is 1. The van der Waals surface area contributed by atoms with Crippen molar-refractivity contribution in [1.82, 2.24) is 20.4 Å². The van der Waals surface area contributed by atoms with Crippen LogP contribution in [-0.4, -0.2) is 54.6 Å². The van der Waals surface area contributed by atoms with E-state index in [0.717, 1.165) is 50.6 Å². The molecule has 0 aliphatic carbocycles. The Bertz CT molecular complexity index is 784. The first-order chi connectivity index (χ1) is 14.7. The first kappa shape index (κ1) is 21.6. The number of hydrogen-bond donors (Lipinski definition) is 2. The molecule has 0 saturated carbocycles. The Morgan fingerprint density at radius 2 is 1.83 bits per heavy atom. The standard InChI is InChI=1S/C23H31ClN4OS/c24-19-7-5-18(6-8-19)17-27-13-9-20(10-14-27)26-23(29)25-16-21(22-4-3-15-30-22)28-11-1-2-12-28/h3-8,15,20-21H,1-2,9-14,16-17H2,(H2,25,26,29). The number of piperidine rings is 1. The second-order valence-corrected chi connectivity index (χ2v) is 9.72. The summed E-state index contributed by atoms with van der Waals surface area (Å²) in [5.74, 6) is 0. The molecule has 2 fully saturated rings. The van der Waals surface area contributed by atoms with Gasteiger partial charge in [-0.2, -0.15) is 0 Å². The van der Waals surface area contributed by atoms with Crippen LogP contribution >= 0.6 is 22.9 Å². The van der Waals surface area contributed by atoms with E-state index in [4.69, 9.17) is 11.6 Å². The Hall–Kier alpha value is -1.60. The van der Waals surface area contributed by atoms with Gasteiger partial charge in [-0.3, -0.25) is 9.80 Å². The number of amides is 2. The fourth-order valence-electron chi connectivity index (χ4n) is 4.45. The van der Waals surface area contributed by atoms with Gasteiger partial charge in [0.15, 0.2) is 0 Å². The van der Waals surface area contributed by atoms with Gasteiger partial charge >= 0.3 is 6.03 Å². The van der Waals surface area contributed by atoms with Crippen molar-refractivity contribution in [2.45, 2.75) is 44.3 Å². The predicted octanol–water partition coefficient (Wildman–Crippen LogP) is 4.50. The number of nitrogens with one attached hydrogen (secondary N) is 2. The van der Waals surface area contributed by atoms with E-state index in [1.807, 2.05) is 12.1 Å². The molecule has 30 heavy (non-hydrogen) atoms. The summed E-state index contributed by atoms with van der Waals surface area (Å²) in [6.07, 6.45) is 4.48. The number of likely N-dealkylation sites (tertiary alicyclic amines) is 2. The van der Waals surface area contributed by atoms with Gasteiger partial charge in [-0.05, 0) is 67.9 Å². The fraction of sp³-hybridized carbons (Fsp3) is 0.522. The molecule has 0 bridgehead atoms. The zero-order valence-corrected chi connectivity index (χ0v) is 18.9. The minimum absolute atomic E-state index is 0.0353. The molecular weight excluding hydrogens is 416 g/mol. The van der Waals surface area contributed by atoms with Gasteiger partial charge in [0, 0.05) is 42.1 Å². The Morgan fingerprint density at radius 1 is 1.10 bits per heavy atom. The van der Waals surface area contributed by atoms with E-state index in [9.17, 15) is 4.79 Å². The predicted molar refractivity (Wildman–Crippen MR) is 124 cm³/mol. The third-order valence-electron chi connectivity index (χ3n) is 6.15. The molecule has 2 N–H and O–H groups in total. The summed E-state index contributed by atoms with van der Waals surface area (Å²) in [5.41, 5.74) is 1.28. The van der Waals surface area contributed by atoms with Crippen molar-refractivity contribution in [2.24, 2.45) is 0 Å². The molecule has 4 rings (SSSR count). The Kier molecular flexibility index (Phi) is 7.66. The lowest BCUT2D eigenvalue weighted by molar-refractivity contribution is 0.184. The first-order valence-corrected chi connectivity index (χ1v) is 12.2. The maximum absolute atomic E-state index is 12.5. The van der Waals surface area contributed by atoms with Crippen molar-refractivity contribution in [3.8, 4) is 0 Å². The highest BCUT2D eigenvalue weighted by Crippen LogP contribution is 2.27. The molecule has 2 saturated heterocycles. The van der Waals surface area contributed by atoms with Gasteiger partial charge < -0.3 is 10.6 Å². The largest absolute Gasteiger partial charge is 0.336 e. The van der Waals surface area contributed by atoms with Crippen LogP contribution in [0.25, 0.3) is 0 Å². The summed E-state index contributed by atoms with van der Waals surface area (Å²) < 4.78 is 0. The fourth-order valence-corrected chi connectivity index (χ4v) is 5.44. The molecule has 1 unspecified atom stereocenters. The van der Waals surface area contributed by atoms with Gasteiger partial charge in [-0.25, -0.2) is 4.79 Å². The van der Waals surface area contributed by atoms with Gasteiger partial charge in [-0.1, -0.05) is 29.8 Å². The number of carbonyl (C=O) groups is 1. The number of halogens is 1. The SMILES string of the molecule is O=C(NCC(c1cccs1)N1CCCC1)NC1CCN(Cc2ccc(Cl)cc2)CC1. The third kappa shape index (κ3) is 5.97. The van der Waals surface area contributed by atoms with Crippen molar-refractivity contribution < 1.29 is 4.79 Å². The molecule has 2 amide bonds. The second kappa shape index (κ2) is 10.6. The lowest BCUT2D eigenvalue weighted by Crippen LogP contribution is -2.49. The molecule has 2 aliphatic rings. The summed E-state index contributed by atoms with van der Waals surface area (Å²) in [7, 11) is 0. The van der Waals surface area contributed by atoms with Crippen LogP contribution in [-0.2, 0) is 6.54 Å². The number of benzene rings is 1. The quantitative estimate of drug-likeness (QED) is 0.658. The molecule has 2 aromatic rings. The smallest absolute Gasteiger partial charge is 0.315 e. The molecule has 5 nitrogen and oxygen atoms in total. The average molecular weight is 447 g/mol. The van der Waals surface area contributed by atoms with Crippen LogP contribution in [0.5, 0.6) is 0 Å². The normalized spacial score (nSPS) is 19.6. The minimum Gasteiger partial charge on any atom is -0.336 e. The summed E-state index contributed by atoms with van der Waals surface area (Å²) in [5, 5.41) is 9.23. The number of thiophene rings is 1. The van der Waals surface area contributed by atoms with Crippen molar-refractivity contribution in [2.75, 3.05) is 32.7 Å². The number of nitrogens with zero attached hydrogens (tertiary/aromatic N) is 2. The highest BCUT2D eigenvalue weighted by molar-refractivity contribution is 7.10. The summed E-state index contributed by atoms with van der Waals surface area (Å²) in [4.78, 5) is 18.8. The van der Waals surface area contributed by atoms with Crippen LogP contribution in [0.3, 0.4) is 0 Å². The van der Waals surface area contributed by atoms with Crippen molar-refractivity contribution in [3.05, 3.63) is 57.2 Å². The molecule has 1 atom stereocenters. The van der Waals surface area contributed by atoms with Crippen LogP contribution in [0, 0.1) is 0 Å². The van der Waals surface area contributed by atoms with Crippen LogP contribution in [0.2, 0.25) is 5.02 Å². The van der Waals surface area contributed by atoms with Gasteiger partial charge in [0.25, 0.3) is 0 Å². The lowest BCUT2D eigenvalue weighted by Gasteiger charge is -2.32. The van der Waals surface area contributed by atoms with E-state index in [2.05, 4.69) is 50.1 Å². The lowest BCUT2D eigenvalue weighted by atomic mass is 10.0. The second-order valence-electron chi connectivity index (χ2n) is 8.31. The maximum atomic E-state index is 12.5. The molecule has 2 aliphatic heterocycles. The van der Waals surface area contributed by atoms with Gasteiger partial charge in [0.1, 0.15) is 0 Å². The van der Waals surface area contributed by atoms with Crippen LogP contribution < -0.4 is 10.6 Å². The molecule has 0 radical (unpaired) electrons. The van der Waals surface area contributed by atoms with E-state index >= 15 is 0 Å². The van der Waals surface area contributed by atoms with Crippen LogP contribution in [0.15, 0.2) is 41.8 Å².